The zero-order valence-electron chi connectivity index (χ0n) is 19.6. The molecular weight excluding hydrogens is 406 g/mol. The van der Waals surface area contributed by atoms with Crippen LogP contribution < -0.4 is 0 Å². The van der Waals surface area contributed by atoms with Crippen molar-refractivity contribution in [1.82, 2.24) is 4.98 Å². The van der Waals surface area contributed by atoms with Gasteiger partial charge < -0.3 is 5.11 Å². The van der Waals surface area contributed by atoms with E-state index < -0.39 is 5.60 Å². The number of nitrogens with zero attached hydrogens (tertiary/aromatic N) is 1. The number of carbonyl (C=O) groups excluding carboxylic acids is 1. The van der Waals surface area contributed by atoms with Crippen molar-refractivity contribution in [2.24, 2.45) is 29.1 Å². The summed E-state index contributed by atoms with van der Waals surface area (Å²) >= 11 is 0. The number of hydrogen-bond donors (Lipinski definition) is 1. The first kappa shape index (κ1) is 21.0. The van der Waals surface area contributed by atoms with Crippen LogP contribution in [-0.4, -0.2) is 21.5 Å². The van der Waals surface area contributed by atoms with Crippen LogP contribution in [0.25, 0.3) is 11.1 Å². The van der Waals surface area contributed by atoms with Crippen molar-refractivity contribution in [1.29, 1.82) is 0 Å². The number of allylic oxidation sites excluding steroid dienone is 3. The van der Waals surface area contributed by atoms with Crippen LogP contribution in [0.3, 0.4) is 0 Å². The fourth-order valence-corrected chi connectivity index (χ4v) is 7.77. The molecule has 7 atom stereocenters. The Hall–Kier alpha value is -2.52. The molecule has 3 nitrogen and oxygen atoms in total. The summed E-state index contributed by atoms with van der Waals surface area (Å²) in [5.74, 6) is 2.66. The predicted octanol–water partition coefficient (Wildman–Crippen LogP) is 6.11. The van der Waals surface area contributed by atoms with Crippen molar-refractivity contribution >= 4 is 5.78 Å². The fraction of sp³-hybridized carbons (Fsp3) is 0.467. The molecule has 1 aromatic heterocycles. The SMILES string of the molecule is C[C@]1(O)C=C[C@H]2[C@@H]3CCC4=CC(=O)CC[C@@H]4[C@H]3[C@@H](c3ccc(-c4cccnc4)cc3)C[C@@]21C. The van der Waals surface area contributed by atoms with Crippen molar-refractivity contribution in [3.05, 3.63) is 78.2 Å². The van der Waals surface area contributed by atoms with Crippen LogP contribution in [0.2, 0.25) is 0 Å². The zero-order chi connectivity index (χ0) is 22.8. The van der Waals surface area contributed by atoms with Crippen molar-refractivity contribution < 1.29 is 9.90 Å². The van der Waals surface area contributed by atoms with Crippen molar-refractivity contribution in [3.8, 4) is 11.1 Å². The molecule has 2 aromatic rings. The summed E-state index contributed by atoms with van der Waals surface area (Å²) in [7, 11) is 0. The average molecular weight is 440 g/mol. The molecule has 0 amide bonds. The third-order valence-corrected chi connectivity index (χ3v) is 9.67. The first-order valence-electron chi connectivity index (χ1n) is 12.5. The van der Waals surface area contributed by atoms with Crippen LogP contribution in [0, 0.1) is 29.1 Å². The summed E-state index contributed by atoms with van der Waals surface area (Å²) in [5, 5.41) is 11.4. The molecule has 2 fully saturated rings. The molecule has 1 aromatic carbocycles. The van der Waals surface area contributed by atoms with Gasteiger partial charge in [0, 0.05) is 24.2 Å². The average Bonchev–Trinajstić information content (AvgIpc) is 3.07. The summed E-state index contributed by atoms with van der Waals surface area (Å²) in [4.78, 5) is 16.5. The van der Waals surface area contributed by atoms with Gasteiger partial charge in [0.25, 0.3) is 0 Å². The molecular formula is C30H33NO2. The number of aromatic nitrogens is 1. The Morgan fingerprint density at radius 2 is 1.82 bits per heavy atom. The summed E-state index contributed by atoms with van der Waals surface area (Å²) < 4.78 is 0. The maximum atomic E-state index is 12.2. The van der Waals surface area contributed by atoms with E-state index in [-0.39, 0.29) is 5.41 Å². The molecule has 0 aliphatic heterocycles. The predicted molar refractivity (Wildman–Crippen MR) is 130 cm³/mol. The zero-order valence-corrected chi connectivity index (χ0v) is 19.6. The van der Waals surface area contributed by atoms with Crippen LogP contribution in [0.1, 0.15) is 57.4 Å². The highest BCUT2D eigenvalue weighted by atomic mass is 16.3. The standard InChI is InChI=1S/C30H33NO2/c1-29-17-26(20-7-5-19(6-8-20)22-4-3-15-31-18-22)28-24-12-10-23(32)16-21(24)9-11-25(28)27(29)13-14-30(29,2)33/h3-8,13-16,18,24-28,33H,9-12,17H2,1-2H3/t24-,25-,26+,27-,28+,29-,30-/m0/s1. The molecule has 33 heavy (non-hydrogen) atoms. The first-order valence-corrected chi connectivity index (χ1v) is 12.5. The molecule has 0 spiro atoms. The van der Waals surface area contributed by atoms with E-state index in [1.165, 1.54) is 16.7 Å². The van der Waals surface area contributed by atoms with Gasteiger partial charge in [-0.25, -0.2) is 0 Å². The van der Waals surface area contributed by atoms with E-state index in [0.29, 0.717) is 41.8 Å². The largest absolute Gasteiger partial charge is 0.385 e. The lowest BCUT2D eigenvalue weighted by atomic mass is 9.46. The molecule has 0 unspecified atom stereocenters. The van der Waals surface area contributed by atoms with Crippen molar-refractivity contribution in [2.75, 3.05) is 0 Å². The van der Waals surface area contributed by atoms with Gasteiger partial charge in [-0.05, 0) is 91.0 Å². The minimum Gasteiger partial charge on any atom is -0.385 e. The van der Waals surface area contributed by atoms with Crippen LogP contribution >= 0.6 is 0 Å². The Balaban J connectivity index is 1.42. The Kier molecular flexibility index (Phi) is 4.78. The second-order valence-electron chi connectivity index (χ2n) is 11.2. The second kappa shape index (κ2) is 7.50. The normalized spacial score (nSPS) is 39.4. The number of aliphatic hydroxyl groups is 1. The molecule has 4 aliphatic rings. The highest BCUT2D eigenvalue weighted by Crippen LogP contribution is 2.66. The smallest absolute Gasteiger partial charge is 0.155 e. The highest BCUT2D eigenvalue weighted by molar-refractivity contribution is 5.91. The lowest BCUT2D eigenvalue weighted by molar-refractivity contribution is -0.117. The third-order valence-electron chi connectivity index (χ3n) is 9.67. The number of hydrogen-bond acceptors (Lipinski definition) is 3. The molecule has 0 saturated heterocycles. The van der Waals surface area contributed by atoms with Gasteiger partial charge in [-0.3, -0.25) is 9.78 Å². The molecule has 170 valence electrons. The maximum absolute atomic E-state index is 12.2. The second-order valence-corrected chi connectivity index (χ2v) is 11.2. The molecule has 1 heterocycles. The van der Waals surface area contributed by atoms with Crippen LogP contribution in [0.4, 0.5) is 0 Å². The van der Waals surface area contributed by atoms with Gasteiger partial charge in [0.15, 0.2) is 5.78 Å². The van der Waals surface area contributed by atoms with Gasteiger partial charge in [-0.15, -0.1) is 0 Å². The van der Waals surface area contributed by atoms with E-state index in [1.807, 2.05) is 31.5 Å². The lowest BCUT2D eigenvalue weighted by Crippen LogP contribution is -2.54. The van der Waals surface area contributed by atoms with Gasteiger partial charge in [0.2, 0.25) is 0 Å². The number of ketones is 1. The number of rotatable bonds is 2. The van der Waals surface area contributed by atoms with E-state index >= 15 is 0 Å². The fourth-order valence-electron chi connectivity index (χ4n) is 7.77. The topological polar surface area (TPSA) is 50.2 Å². The van der Waals surface area contributed by atoms with E-state index in [2.05, 4.69) is 54.4 Å². The monoisotopic (exact) mass is 439 g/mol. The Labute approximate surface area is 196 Å². The van der Waals surface area contributed by atoms with Gasteiger partial charge in [-0.1, -0.05) is 55.0 Å². The molecule has 1 N–H and O–H groups in total. The highest BCUT2D eigenvalue weighted by Gasteiger charge is 2.61. The van der Waals surface area contributed by atoms with Gasteiger partial charge in [0.1, 0.15) is 0 Å². The van der Waals surface area contributed by atoms with Crippen molar-refractivity contribution in [2.45, 2.75) is 57.5 Å². The number of pyridine rings is 1. The minimum atomic E-state index is -0.783. The first-order chi connectivity index (χ1) is 15.9. The number of fused-ring (bicyclic) bond motifs is 5. The van der Waals surface area contributed by atoms with Gasteiger partial charge in [-0.2, -0.15) is 0 Å². The number of benzene rings is 1. The third kappa shape index (κ3) is 3.19. The van der Waals surface area contributed by atoms with Crippen molar-refractivity contribution in [3.63, 3.8) is 0 Å². The van der Waals surface area contributed by atoms with Crippen LogP contribution in [-0.2, 0) is 4.79 Å². The summed E-state index contributed by atoms with van der Waals surface area (Å²) in [6, 6.07) is 13.1. The Morgan fingerprint density at radius 3 is 2.58 bits per heavy atom. The quantitative estimate of drug-likeness (QED) is 0.574. The summed E-state index contributed by atoms with van der Waals surface area (Å²) in [5.41, 5.74) is 4.14. The Bertz CT molecular complexity index is 1130. The number of carbonyl (C=O) groups is 1. The summed E-state index contributed by atoms with van der Waals surface area (Å²) in [6.45, 7) is 4.31. The van der Waals surface area contributed by atoms with E-state index in [1.54, 1.807) is 0 Å². The van der Waals surface area contributed by atoms with Gasteiger partial charge in [0.05, 0.1) is 5.60 Å². The van der Waals surface area contributed by atoms with Crippen LogP contribution in [0.15, 0.2) is 72.6 Å². The van der Waals surface area contributed by atoms with Crippen LogP contribution in [0.5, 0.6) is 0 Å². The Morgan fingerprint density at radius 1 is 1.00 bits per heavy atom. The van der Waals surface area contributed by atoms with E-state index in [0.717, 1.165) is 31.2 Å². The summed E-state index contributed by atoms with van der Waals surface area (Å²) in [6.07, 6.45) is 14.9. The maximum Gasteiger partial charge on any atom is 0.155 e. The minimum absolute atomic E-state index is 0.160. The van der Waals surface area contributed by atoms with E-state index in [4.69, 9.17) is 0 Å². The lowest BCUT2D eigenvalue weighted by Gasteiger charge is -2.58. The van der Waals surface area contributed by atoms with E-state index in [9.17, 15) is 9.90 Å². The molecule has 0 bridgehead atoms. The molecule has 4 aliphatic carbocycles. The molecule has 3 heteroatoms. The van der Waals surface area contributed by atoms with Gasteiger partial charge >= 0.3 is 0 Å². The molecule has 0 radical (unpaired) electrons. The molecule has 6 rings (SSSR count). The molecule has 2 saturated carbocycles.